The topological polar surface area (TPSA) is 29.1 Å². The summed E-state index contributed by atoms with van der Waals surface area (Å²) in [5.74, 6) is -62.2. The smallest absolute Gasteiger partial charge is 0.319 e. The summed E-state index contributed by atoms with van der Waals surface area (Å²) < 4.78 is 224. The van der Waals surface area contributed by atoms with Crippen LogP contribution in [0, 0.1) is 0 Å². The molecular weight excluding hydrogens is 604 g/mol. The monoisotopic (exact) mass is 607 g/mol. The Labute approximate surface area is 196 Å². The second-order valence-corrected chi connectivity index (χ2v) is 7.44. The molecule has 0 bridgehead atoms. The molecule has 0 saturated carbocycles. The number of benzene rings is 1. The van der Waals surface area contributed by atoms with Crippen LogP contribution < -0.4 is 5.32 Å². The van der Waals surface area contributed by atoms with Crippen LogP contribution in [0.4, 0.5) is 80.3 Å². The Hall–Kier alpha value is -1.92. The third-order valence-electron chi connectivity index (χ3n) is 4.18. The molecular formula is C15H4Cl2F17NO. The molecule has 1 N–H and O–H groups in total. The van der Waals surface area contributed by atoms with Crippen molar-refractivity contribution in [1.82, 2.24) is 0 Å². The fourth-order valence-corrected chi connectivity index (χ4v) is 2.44. The molecule has 0 aliphatic carbocycles. The lowest BCUT2D eigenvalue weighted by molar-refractivity contribution is -0.459. The Morgan fingerprint density at radius 1 is 0.583 bits per heavy atom. The second-order valence-electron chi connectivity index (χ2n) is 6.60. The minimum absolute atomic E-state index is 0.386. The van der Waals surface area contributed by atoms with Gasteiger partial charge in [-0.25, -0.2) is 0 Å². The predicted molar refractivity (Wildman–Crippen MR) is 85.8 cm³/mol. The van der Waals surface area contributed by atoms with Crippen LogP contribution in [-0.4, -0.2) is 53.5 Å². The van der Waals surface area contributed by atoms with Crippen LogP contribution >= 0.6 is 23.2 Å². The van der Waals surface area contributed by atoms with Crippen molar-refractivity contribution in [3.05, 3.63) is 28.2 Å². The first-order chi connectivity index (χ1) is 15.6. The van der Waals surface area contributed by atoms with Gasteiger partial charge in [-0.3, -0.25) is 4.79 Å². The normalized spacial score (nSPS) is 15.2. The first kappa shape index (κ1) is 32.1. The minimum Gasteiger partial charge on any atom is -0.319 e. The highest BCUT2D eigenvalue weighted by atomic mass is 35.5. The summed E-state index contributed by atoms with van der Waals surface area (Å²) in [4.78, 5) is 11.4. The summed E-state index contributed by atoms with van der Waals surface area (Å²) in [6.45, 7) is 0. The largest absolute Gasteiger partial charge is 0.460 e. The number of rotatable bonds is 8. The molecule has 0 aliphatic heterocycles. The van der Waals surface area contributed by atoms with Crippen LogP contribution in [0.15, 0.2) is 18.2 Å². The van der Waals surface area contributed by atoms with Crippen LogP contribution in [0.25, 0.3) is 0 Å². The van der Waals surface area contributed by atoms with Crippen molar-refractivity contribution in [2.75, 3.05) is 5.32 Å². The van der Waals surface area contributed by atoms with E-state index in [0.717, 1.165) is 6.07 Å². The molecule has 0 saturated heterocycles. The summed E-state index contributed by atoms with van der Waals surface area (Å²) in [6, 6.07) is 1.93. The molecule has 1 aromatic rings. The van der Waals surface area contributed by atoms with Crippen LogP contribution in [0.3, 0.4) is 0 Å². The number of nitrogens with one attached hydrogen (secondary N) is 1. The molecule has 0 atom stereocenters. The van der Waals surface area contributed by atoms with Crippen LogP contribution in [0.2, 0.25) is 10.0 Å². The summed E-state index contributed by atoms with van der Waals surface area (Å²) in [5.41, 5.74) is -1.19. The summed E-state index contributed by atoms with van der Waals surface area (Å²) in [6.07, 6.45) is -7.85. The third kappa shape index (κ3) is 4.38. The summed E-state index contributed by atoms with van der Waals surface area (Å²) >= 11 is 10.7. The van der Waals surface area contributed by atoms with Crippen molar-refractivity contribution in [3.63, 3.8) is 0 Å². The third-order valence-corrected chi connectivity index (χ3v) is 4.75. The molecule has 0 aliphatic rings. The number of hydrogen-bond donors (Lipinski definition) is 1. The average Bonchev–Trinajstić information content (AvgIpc) is 2.68. The lowest BCUT2D eigenvalue weighted by Crippen LogP contribution is -2.75. The molecule has 1 rings (SSSR count). The van der Waals surface area contributed by atoms with Gasteiger partial charge in [-0.2, -0.15) is 74.6 Å². The number of carbonyl (C=O) groups is 1. The highest BCUT2D eigenvalue weighted by molar-refractivity contribution is 6.35. The maximum Gasteiger partial charge on any atom is 0.460 e. The fourth-order valence-electron chi connectivity index (χ4n) is 2.10. The van der Waals surface area contributed by atoms with E-state index >= 15 is 0 Å². The zero-order chi connectivity index (χ0) is 29.1. The van der Waals surface area contributed by atoms with E-state index in [1.165, 1.54) is 0 Å². The van der Waals surface area contributed by atoms with Crippen LogP contribution in [0.5, 0.6) is 0 Å². The van der Waals surface area contributed by atoms with E-state index in [9.17, 15) is 79.4 Å². The molecule has 208 valence electrons. The van der Waals surface area contributed by atoms with Crippen molar-refractivity contribution in [2.45, 2.75) is 47.6 Å². The molecule has 0 spiro atoms. The number of anilines is 1. The highest BCUT2D eigenvalue weighted by Crippen LogP contribution is 2.64. The van der Waals surface area contributed by atoms with Gasteiger partial charge in [0.1, 0.15) is 0 Å². The zero-order valence-electron chi connectivity index (χ0n) is 15.8. The van der Waals surface area contributed by atoms with Gasteiger partial charge in [-0.05, 0) is 18.2 Å². The molecule has 0 unspecified atom stereocenters. The number of alkyl halides is 17. The number of amides is 1. The molecule has 0 radical (unpaired) electrons. The van der Waals surface area contributed by atoms with E-state index in [2.05, 4.69) is 0 Å². The van der Waals surface area contributed by atoms with Gasteiger partial charge in [0, 0.05) is 5.02 Å². The van der Waals surface area contributed by atoms with E-state index < -0.39 is 69.3 Å². The fraction of sp³-hybridized carbons (Fsp3) is 0.533. The summed E-state index contributed by atoms with van der Waals surface area (Å²) in [5, 5.41) is -0.682. The quantitative estimate of drug-likeness (QED) is 0.299. The first-order valence-electron chi connectivity index (χ1n) is 8.03. The Kier molecular flexibility index (Phi) is 7.88. The molecule has 0 fully saturated rings. The molecule has 1 aromatic carbocycles. The van der Waals surface area contributed by atoms with Gasteiger partial charge in [0.25, 0.3) is 0 Å². The Balaban J connectivity index is 3.61. The summed E-state index contributed by atoms with van der Waals surface area (Å²) in [7, 11) is 0. The molecule has 36 heavy (non-hydrogen) atoms. The first-order valence-corrected chi connectivity index (χ1v) is 8.79. The van der Waals surface area contributed by atoms with Gasteiger partial charge >= 0.3 is 53.5 Å². The number of carbonyl (C=O) groups excluding carboxylic acids is 1. The molecule has 21 heteroatoms. The second kappa shape index (κ2) is 8.83. The number of hydrogen-bond acceptors (Lipinski definition) is 1. The van der Waals surface area contributed by atoms with Gasteiger partial charge in [0.2, 0.25) is 0 Å². The van der Waals surface area contributed by atoms with Gasteiger partial charge < -0.3 is 5.32 Å². The van der Waals surface area contributed by atoms with Crippen LogP contribution in [-0.2, 0) is 4.79 Å². The molecule has 2 nitrogen and oxygen atoms in total. The Morgan fingerprint density at radius 3 is 1.33 bits per heavy atom. The SMILES string of the molecule is O=C(Nc1cc(Cl)ccc1Cl)C(F)(F)C(F)(F)C(F)(F)C(F)(F)C(F)(F)C(F)(F)C(F)(F)C(F)(F)F. The molecule has 0 heterocycles. The van der Waals surface area contributed by atoms with E-state index in [1.54, 1.807) is 0 Å². The zero-order valence-corrected chi connectivity index (χ0v) is 17.3. The predicted octanol–water partition coefficient (Wildman–Crippen LogP) is 7.94. The van der Waals surface area contributed by atoms with Crippen molar-refractivity contribution in [2.24, 2.45) is 0 Å². The Bertz CT molecular complexity index is 1000. The van der Waals surface area contributed by atoms with E-state index in [4.69, 9.17) is 23.2 Å². The number of halogens is 19. The lowest BCUT2D eigenvalue weighted by Gasteiger charge is -2.42. The van der Waals surface area contributed by atoms with Crippen molar-refractivity contribution >= 4 is 34.8 Å². The average molecular weight is 608 g/mol. The van der Waals surface area contributed by atoms with Gasteiger partial charge in [-0.1, -0.05) is 23.2 Å². The van der Waals surface area contributed by atoms with Gasteiger partial charge in [0.15, 0.2) is 0 Å². The van der Waals surface area contributed by atoms with Crippen molar-refractivity contribution in [1.29, 1.82) is 0 Å². The molecule has 1 amide bonds. The minimum atomic E-state index is -8.78. The van der Waals surface area contributed by atoms with E-state index in [0.29, 0.717) is 17.4 Å². The van der Waals surface area contributed by atoms with Gasteiger partial charge in [0.05, 0.1) is 10.7 Å². The standard InChI is InChI=1S/C15H4Cl2F17NO/c16-4-1-2-5(17)6(3-4)35-7(36)8(18,19)9(20,21)10(22,23)11(24,25)12(26,27)13(28,29)14(30,31)15(32,33)34/h1-3H,(H,35,36). The lowest BCUT2D eigenvalue weighted by atomic mass is 9.89. The van der Waals surface area contributed by atoms with E-state index in [1.807, 2.05) is 0 Å². The van der Waals surface area contributed by atoms with Crippen LogP contribution in [0.1, 0.15) is 0 Å². The maximum atomic E-state index is 13.8. The Morgan fingerprint density at radius 2 is 0.944 bits per heavy atom. The van der Waals surface area contributed by atoms with E-state index in [-0.39, 0.29) is 0 Å². The maximum absolute atomic E-state index is 13.8. The van der Waals surface area contributed by atoms with Crippen molar-refractivity contribution in [3.8, 4) is 0 Å². The van der Waals surface area contributed by atoms with Crippen molar-refractivity contribution < 1.29 is 79.4 Å². The highest BCUT2D eigenvalue weighted by Gasteiger charge is 2.95. The van der Waals surface area contributed by atoms with Gasteiger partial charge in [-0.15, -0.1) is 0 Å². The molecule has 0 aromatic heterocycles.